The van der Waals surface area contributed by atoms with E-state index >= 15 is 0 Å². The van der Waals surface area contributed by atoms with Gasteiger partial charge in [0.1, 0.15) is 5.82 Å². The molecule has 2 amide bonds. The Kier molecular flexibility index (Phi) is 3.05. The van der Waals surface area contributed by atoms with Crippen LogP contribution < -0.4 is 10.6 Å². The van der Waals surface area contributed by atoms with E-state index in [0.717, 1.165) is 12.8 Å². The summed E-state index contributed by atoms with van der Waals surface area (Å²) in [6, 6.07) is 3.28. The molecule has 1 aromatic heterocycles. The second kappa shape index (κ2) is 4.49. The van der Waals surface area contributed by atoms with Gasteiger partial charge in [0.2, 0.25) is 0 Å². The molecule has 16 heavy (non-hydrogen) atoms. The van der Waals surface area contributed by atoms with Crippen LogP contribution in [-0.2, 0) is 9.59 Å². The third kappa shape index (κ3) is 2.93. The zero-order valence-electron chi connectivity index (χ0n) is 8.37. The van der Waals surface area contributed by atoms with Crippen molar-refractivity contribution in [3.63, 3.8) is 0 Å². The van der Waals surface area contributed by atoms with Crippen LogP contribution in [0, 0.1) is 0 Å². The number of halogens is 1. The maximum atomic E-state index is 11.4. The highest BCUT2D eigenvalue weighted by Crippen LogP contribution is 2.18. The molecule has 0 radical (unpaired) electrons. The Hall–Kier alpha value is -1.62. The van der Waals surface area contributed by atoms with E-state index in [-0.39, 0.29) is 6.04 Å². The topological polar surface area (TPSA) is 71.1 Å². The lowest BCUT2D eigenvalue weighted by Gasteiger charge is -2.04. The fourth-order valence-electron chi connectivity index (χ4n) is 1.10. The molecular formula is C10H10ClN3O2. The van der Waals surface area contributed by atoms with Crippen LogP contribution in [0.25, 0.3) is 0 Å². The smallest absolute Gasteiger partial charge is 0.314 e. The summed E-state index contributed by atoms with van der Waals surface area (Å²) in [6.45, 7) is 0. The fraction of sp³-hybridized carbons (Fsp3) is 0.300. The molecule has 0 bridgehead atoms. The Balaban J connectivity index is 1.90. The number of pyridine rings is 1. The van der Waals surface area contributed by atoms with Crippen LogP contribution in [0.15, 0.2) is 18.3 Å². The largest absolute Gasteiger partial charge is 0.345 e. The molecule has 1 heterocycles. The van der Waals surface area contributed by atoms with Crippen LogP contribution in [0.1, 0.15) is 12.8 Å². The number of carbonyl (C=O) groups excluding carboxylic acids is 2. The van der Waals surface area contributed by atoms with E-state index in [2.05, 4.69) is 15.6 Å². The summed E-state index contributed by atoms with van der Waals surface area (Å²) in [5.74, 6) is -1.03. The van der Waals surface area contributed by atoms with Gasteiger partial charge in [0.25, 0.3) is 0 Å². The highest BCUT2D eigenvalue weighted by atomic mass is 35.5. The Labute approximate surface area is 97.2 Å². The van der Waals surface area contributed by atoms with Crippen molar-refractivity contribution in [3.05, 3.63) is 23.4 Å². The number of carbonyl (C=O) groups is 2. The highest BCUT2D eigenvalue weighted by molar-refractivity contribution is 6.39. The predicted octanol–water partition coefficient (Wildman–Crippen LogP) is 0.952. The van der Waals surface area contributed by atoms with E-state index in [1.54, 1.807) is 6.07 Å². The molecule has 1 aliphatic rings. The van der Waals surface area contributed by atoms with Gasteiger partial charge in [-0.1, -0.05) is 11.6 Å². The van der Waals surface area contributed by atoms with Crippen LogP contribution in [0.4, 0.5) is 5.82 Å². The van der Waals surface area contributed by atoms with E-state index in [1.165, 1.54) is 12.3 Å². The molecule has 2 N–H and O–H groups in total. The second-order valence-electron chi connectivity index (χ2n) is 3.56. The van der Waals surface area contributed by atoms with Crippen molar-refractivity contribution in [2.24, 2.45) is 0 Å². The van der Waals surface area contributed by atoms with Gasteiger partial charge in [0.15, 0.2) is 0 Å². The maximum Gasteiger partial charge on any atom is 0.314 e. The van der Waals surface area contributed by atoms with E-state index in [4.69, 9.17) is 11.6 Å². The molecule has 1 aliphatic carbocycles. The molecule has 84 valence electrons. The molecule has 6 heteroatoms. The average molecular weight is 240 g/mol. The Morgan fingerprint density at radius 1 is 1.31 bits per heavy atom. The molecule has 1 saturated carbocycles. The molecule has 5 nitrogen and oxygen atoms in total. The Morgan fingerprint density at radius 2 is 2.06 bits per heavy atom. The molecule has 1 fully saturated rings. The van der Waals surface area contributed by atoms with Gasteiger partial charge < -0.3 is 10.6 Å². The fourth-order valence-corrected chi connectivity index (χ4v) is 1.21. The van der Waals surface area contributed by atoms with E-state index in [0.29, 0.717) is 10.8 Å². The number of nitrogens with zero attached hydrogens (tertiary/aromatic N) is 1. The predicted molar refractivity (Wildman–Crippen MR) is 59.0 cm³/mol. The minimum atomic E-state index is -0.707. The van der Waals surface area contributed by atoms with Gasteiger partial charge in [-0.3, -0.25) is 9.59 Å². The molecule has 0 unspecified atom stereocenters. The number of aromatic nitrogens is 1. The lowest BCUT2D eigenvalue weighted by atomic mass is 10.4. The van der Waals surface area contributed by atoms with Gasteiger partial charge in [-0.05, 0) is 25.0 Å². The standard InChI is InChI=1S/C10H10ClN3O2/c11-6-1-4-8(12-5-6)14-10(16)9(15)13-7-2-3-7/h1,4-5,7H,2-3H2,(H,13,15)(H,12,14,16). The van der Waals surface area contributed by atoms with Gasteiger partial charge in [-0.25, -0.2) is 4.98 Å². The first-order valence-corrected chi connectivity index (χ1v) is 5.26. The monoisotopic (exact) mass is 239 g/mol. The molecule has 0 aromatic carbocycles. The lowest BCUT2D eigenvalue weighted by Crippen LogP contribution is -2.36. The average Bonchev–Trinajstić information content (AvgIpc) is 3.05. The summed E-state index contributed by atoms with van der Waals surface area (Å²) >= 11 is 5.63. The van der Waals surface area contributed by atoms with Crippen molar-refractivity contribution >= 4 is 29.2 Å². The molecule has 0 saturated heterocycles. The van der Waals surface area contributed by atoms with Gasteiger partial charge in [0, 0.05) is 12.2 Å². The number of rotatable bonds is 2. The quantitative estimate of drug-likeness (QED) is 0.755. The van der Waals surface area contributed by atoms with Gasteiger partial charge in [0.05, 0.1) is 5.02 Å². The molecule has 2 rings (SSSR count). The van der Waals surface area contributed by atoms with Crippen molar-refractivity contribution in [2.45, 2.75) is 18.9 Å². The number of hydrogen-bond donors (Lipinski definition) is 2. The number of nitrogens with one attached hydrogen (secondary N) is 2. The summed E-state index contributed by atoms with van der Waals surface area (Å²) in [5.41, 5.74) is 0. The van der Waals surface area contributed by atoms with Crippen LogP contribution in [0.2, 0.25) is 5.02 Å². The summed E-state index contributed by atoms with van der Waals surface area (Å²) in [4.78, 5) is 26.5. The zero-order chi connectivity index (χ0) is 11.5. The van der Waals surface area contributed by atoms with Crippen molar-refractivity contribution in [1.29, 1.82) is 0 Å². The van der Waals surface area contributed by atoms with Crippen molar-refractivity contribution in [2.75, 3.05) is 5.32 Å². The van der Waals surface area contributed by atoms with Gasteiger partial charge in [-0.2, -0.15) is 0 Å². The number of hydrogen-bond acceptors (Lipinski definition) is 3. The summed E-state index contributed by atoms with van der Waals surface area (Å²) in [6.07, 6.45) is 3.28. The first-order valence-electron chi connectivity index (χ1n) is 4.88. The van der Waals surface area contributed by atoms with E-state index in [1.807, 2.05) is 0 Å². The maximum absolute atomic E-state index is 11.4. The van der Waals surface area contributed by atoms with Crippen LogP contribution in [0.5, 0.6) is 0 Å². The highest BCUT2D eigenvalue weighted by Gasteiger charge is 2.26. The summed E-state index contributed by atoms with van der Waals surface area (Å²) in [5, 5.41) is 5.43. The van der Waals surface area contributed by atoms with Gasteiger partial charge in [-0.15, -0.1) is 0 Å². The summed E-state index contributed by atoms with van der Waals surface area (Å²) < 4.78 is 0. The second-order valence-corrected chi connectivity index (χ2v) is 4.00. The van der Waals surface area contributed by atoms with Crippen molar-refractivity contribution in [1.82, 2.24) is 10.3 Å². The first kappa shape index (κ1) is 10.9. The van der Waals surface area contributed by atoms with Crippen molar-refractivity contribution in [3.8, 4) is 0 Å². The molecule has 0 spiro atoms. The van der Waals surface area contributed by atoms with Crippen molar-refractivity contribution < 1.29 is 9.59 Å². The normalized spacial score (nSPS) is 14.3. The molecule has 0 atom stereocenters. The molecular weight excluding hydrogens is 230 g/mol. The minimum Gasteiger partial charge on any atom is -0.345 e. The van der Waals surface area contributed by atoms with Crippen LogP contribution in [-0.4, -0.2) is 22.8 Å². The first-order chi connectivity index (χ1) is 7.65. The summed E-state index contributed by atoms with van der Waals surface area (Å²) in [7, 11) is 0. The van der Waals surface area contributed by atoms with Gasteiger partial charge >= 0.3 is 11.8 Å². The molecule has 0 aliphatic heterocycles. The minimum absolute atomic E-state index is 0.163. The molecule has 1 aromatic rings. The Morgan fingerprint density at radius 3 is 2.62 bits per heavy atom. The lowest BCUT2D eigenvalue weighted by molar-refractivity contribution is -0.136. The number of anilines is 1. The SMILES string of the molecule is O=C(Nc1ccc(Cl)cn1)C(=O)NC1CC1. The van der Waals surface area contributed by atoms with E-state index in [9.17, 15) is 9.59 Å². The third-order valence-electron chi connectivity index (χ3n) is 2.09. The van der Waals surface area contributed by atoms with Crippen LogP contribution >= 0.6 is 11.6 Å². The third-order valence-corrected chi connectivity index (χ3v) is 2.31. The number of amides is 2. The Bertz CT molecular complexity index is 415. The zero-order valence-corrected chi connectivity index (χ0v) is 9.12. The van der Waals surface area contributed by atoms with Crippen LogP contribution in [0.3, 0.4) is 0 Å². The van der Waals surface area contributed by atoms with E-state index < -0.39 is 11.8 Å².